The van der Waals surface area contributed by atoms with E-state index in [1.54, 1.807) is 0 Å². The Hall–Kier alpha value is -0.740. The zero-order valence-corrected chi connectivity index (χ0v) is 10.1. The van der Waals surface area contributed by atoms with Gasteiger partial charge in [-0.05, 0) is 44.0 Å². The molecule has 0 aliphatic carbocycles. The fourth-order valence-electron chi connectivity index (χ4n) is 2.26. The Bertz CT molecular complexity index is 422. The largest absolute Gasteiger partial charge is 0.416 e. The summed E-state index contributed by atoms with van der Waals surface area (Å²) >= 11 is 5.97. The van der Waals surface area contributed by atoms with Crippen molar-refractivity contribution in [3.05, 3.63) is 34.3 Å². The molecule has 0 saturated carbocycles. The van der Waals surface area contributed by atoms with Crippen LogP contribution in [0.15, 0.2) is 18.2 Å². The summed E-state index contributed by atoms with van der Waals surface area (Å²) in [5, 5.41) is 3.46. The van der Waals surface area contributed by atoms with Gasteiger partial charge in [0, 0.05) is 10.6 Å². The molecule has 0 spiro atoms. The third-order valence-corrected chi connectivity index (χ3v) is 3.57. The van der Waals surface area contributed by atoms with Gasteiger partial charge in [-0.3, -0.25) is 0 Å². The summed E-state index contributed by atoms with van der Waals surface area (Å²) in [7, 11) is 0. The summed E-state index contributed by atoms with van der Waals surface area (Å²) in [6.07, 6.45) is -2.45. The molecule has 1 heterocycles. The van der Waals surface area contributed by atoms with Crippen LogP contribution < -0.4 is 5.32 Å². The maximum Gasteiger partial charge on any atom is 0.416 e. The van der Waals surface area contributed by atoms with Crippen LogP contribution in [-0.2, 0) is 11.7 Å². The third-order valence-electron chi connectivity index (χ3n) is 3.26. The molecule has 1 atom stereocenters. The van der Waals surface area contributed by atoms with Crippen LogP contribution in [0.5, 0.6) is 0 Å². The maximum absolute atomic E-state index is 12.5. The molecule has 94 valence electrons. The lowest BCUT2D eigenvalue weighted by Crippen LogP contribution is -2.33. The van der Waals surface area contributed by atoms with Crippen molar-refractivity contribution in [1.29, 1.82) is 0 Å². The van der Waals surface area contributed by atoms with Gasteiger partial charge in [0.05, 0.1) is 5.56 Å². The van der Waals surface area contributed by atoms with Gasteiger partial charge in [-0.25, -0.2) is 0 Å². The molecule has 1 aromatic carbocycles. The van der Waals surface area contributed by atoms with Crippen LogP contribution in [0.25, 0.3) is 0 Å². The van der Waals surface area contributed by atoms with Crippen molar-refractivity contribution in [3.8, 4) is 0 Å². The maximum atomic E-state index is 12.5. The van der Waals surface area contributed by atoms with E-state index in [4.69, 9.17) is 11.6 Å². The minimum atomic E-state index is -4.34. The summed E-state index contributed by atoms with van der Waals surface area (Å²) < 4.78 is 37.5. The van der Waals surface area contributed by atoms with E-state index in [1.807, 2.05) is 6.92 Å². The smallest absolute Gasteiger partial charge is 0.308 e. The minimum absolute atomic E-state index is 0.178. The van der Waals surface area contributed by atoms with Crippen LogP contribution in [0.2, 0.25) is 5.02 Å². The Morgan fingerprint density at radius 1 is 1.35 bits per heavy atom. The second kappa shape index (κ2) is 4.18. The number of nitrogens with one attached hydrogen (secondary N) is 1. The van der Waals surface area contributed by atoms with E-state index in [1.165, 1.54) is 6.07 Å². The van der Waals surface area contributed by atoms with E-state index in [9.17, 15) is 13.2 Å². The molecule has 0 radical (unpaired) electrons. The summed E-state index contributed by atoms with van der Waals surface area (Å²) in [6, 6.07) is 3.57. The molecule has 0 aromatic heterocycles. The van der Waals surface area contributed by atoms with Gasteiger partial charge in [0.15, 0.2) is 0 Å². The highest BCUT2D eigenvalue weighted by Gasteiger charge is 2.35. The average Bonchev–Trinajstić information content (AvgIpc) is 2.64. The molecule has 5 heteroatoms. The fourth-order valence-corrected chi connectivity index (χ4v) is 2.65. The molecule has 1 saturated heterocycles. The van der Waals surface area contributed by atoms with E-state index in [0.717, 1.165) is 37.1 Å². The molecule has 1 aliphatic heterocycles. The van der Waals surface area contributed by atoms with Crippen molar-refractivity contribution in [2.75, 3.05) is 6.54 Å². The summed E-state index contributed by atoms with van der Waals surface area (Å²) in [4.78, 5) is 0. The lowest BCUT2D eigenvalue weighted by atomic mass is 9.90. The van der Waals surface area contributed by atoms with Crippen LogP contribution in [-0.4, -0.2) is 6.54 Å². The first-order chi connectivity index (χ1) is 7.83. The predicted octanol–water partition coefficient (Wildman–Crippen LogP) is 3.96. The van der Waals surface area contributed by atoms with Crippen molar-refractivity contribution in [2.45, 2.75) is 31.5 Å². The summed E-state index contributed by atoms with van der Waals surface area (Å²) in [5.41, 5.74) is -0.265. The van der Waals surface area contributed by atoms with Gasteiger partial charge in [0.25, 0.3) is 0 Å². The highest BCUT2D eigenvalue weighted by Crippen LogP contribution is 2.38. The molecule has 1 aromatic rings. The van der Waals surface area contributed by atoms with Crippen LogP contribution >= 0.6 is 11.6 Å². The third kappa shape index (κ3) is 2.43. The summed E-state index contributed by atoms with van der Waals surface area (Å²) in [6.45, 7) is 2.84. The Morgan fingerprint density at radius 2 is 2.06 bits per heavy atom. The average molecular weight is 264 g/mol. The molecule has 1 nitrogen and oxygen atoms in total. The Labute approximate surface area is 103 Å². The molecular formula is C12H13ClF3N. The first kappa shape index (κ1) is 12.7. The van der Waals surface area contributed by atoms with Gasteiger partial charge >= 0.3 is 6.18 Å². The fraction of sp³-hybridized carbons (Fsp3) is 0.500. The lowest BCUT2D eigenvalue weighted by Gasteiger charge is -2.26. The standard InChI is InChI=1S/C12H13ClF3N/c1-11(5-2-6-17-11)9-4-3-8(7-10(9)13)12(14,15)16/h3-4,7,17H,2,5-6H2,1H3. The number of rotatable bonds is 1. The zero-order valence-electron chi connectivity index (χ0n) is 9.37. The highest BCUT2D eigenvalue weighted by molar-refractivity contribution is 6.31. The van der Waals surface area contributed by atoms with Crippen molar-refractivity contribution in [2.24, 2.45) is 0 Å². The van der Waals surface area contributed by atoms with Gasteiger partial charge in [-0.15, -0.1) is 0 Å². The van der Waals surface area contributed by atoms with E-state index in [-0.39, 0.29) is 10.6 Å². The predicted molar refractivity (Wildman–Crippen MR) is 61.0 cm³/mol. The quantitative estimate of drug-likeness (QED) is 0.809. The minimum Gasteiger partial charge on any atom is -0.308 e. The lowest BCUT2D eigenvalue weighted by molar-refractivity contribution is -0.137. The normalized spacial score (nSPS) is 25.2. The second-order valence-electron chi connectivity index (χ2n) is 4.55. The van der Waals surface area contributed by atoms with Crippen LogP contribution in [0, 0.1) is 0 Å². The number of halogens is 4. The Morgan fingerprint density at radius 3 is 2.53 bits per heavy atom. The highest BCUT2D eigenvalue weighted by atomic mass is 35.5. The van der Waals surface area contributed by atoms with Crippen molar-refractivity contribution in [1.82, 2.24) is 5.32 Å². The molecule has 0 bridgehead atoms. The van der Waals surface area contributed by atoms with E-state index < -0.39 is 11.7 Å². The SMILES string of the molecule is CC1(c2ccc(C(F)(F)F)cc2Cl)CCCN1. The molecule has 2 rings (SSSR count). The van der Waals surface area contributed by atoms with E-state index in [0.29, 0.717) is 0 Å². The van der Waals surface area contributed by atoms with E-state index in [2.05, 4.69) is 5.32 Å². The molecule has 0 amide bonds. The number of alkyl halides is 3. The van der Waals surface area contributed by atoms with Gasteiger partial charge in [-0.1, -0.05) is 17.7 Å². The van der Waals surface area contributed by atoms with Crippen molar-refractivity contribution in [3.63, 3.8) is 0 Å². The van der Waals surface area contributed by atoms with Crippen molar-refractivity contribution >= 4 is 11.6 Å². The van der Waals surface area contributed by atoms with Gasteiger partial charge in [0.1, 0.15) is 0 Å². The number of hydrogen-bond donors (Lipinski definition) is 1. The first-order valence-corrected chi connectivity index (χ1v) is 5.83. The van der Waals surface area contributed by atoms with Crippen LogP contribution in [0.4, 0.5) is 13.2 Å². The van der Waals surface area contributed by atoms with Gasteiger partial charge in [0.2, 0.25) is 0 Å². The molecule has 1 unspecified atom stereocenters. The monoisotopic (exact) mass is 263 g/mol. The molecular weight excluding hydrogens is 251 g/mol. The Balaban J connectivity index is 2.38. The molecule has 1 aliphatic rings. The zero-order chi connectivity index (χ0) is 12.7. The van der Waals surface area contributed by atoms with E-state index >= 15 is 0 Å². The second-order valence-corrected chi connectivity index (χ2v) is 4.96. The van der Waals surface area contributed by atoms with Crippen LogP contribution in [0.3, 0.4) is 0 Å². The summed E-state index contributed by atoms with van der Waals surface area (Å²) in [5.74, 6) is 0. The van der Waals surface area contributed by atoms with Gasteiger partial charge < -0.3 is 5.32 Å². The topological polar surface area (TPSA) is 12.0 Å². The molecule has 17 heavy (non-hydrogen) atoms. The van der Waals surface area contributed by atoms with Crippen LogP contribution in [0.1, 0.15) is 30.9 Å². The number of hydrogen-bond acceptors (Lipinski definition) is 1. The van der Waals surface area contributed by atoms with Crippen molar-refractivity contribution < 1.29 is 13.2 Å². The Kier molecular flexibility index (Phi) is 3.12. The molecule has 1 N–H and O–H groups in total. The number of benzene rings is 1. The molecule has 1 fully saturated rings. The first-order valence-electron chi connectivity index (χ1n) is 5.45. The van der Waals surface area contributed by atoms with Gasteiger partial charge in [-0.2, -0.15) is 13.2 Å².